The molecule has 2 aromatic rings. The van der Waals surface area contributed by atoms with Crippen LogP contribution in [0.5, 0.6) is 0 Å². The van der Waals surface area contributed by atoms with Crippen LogP contribution in [0.2, 0.25) is 0 Å². The average molecular weight is 306 g/mol. The number of benzene rings is 2. The summed E-state index contributed by atoms with van der Waals surface area (Å²) in [7, 11) is -3.52. The third-order valence-electron chi connectivity index (χ3n) is 3.49. The Morgan fingerprint density at radius 2 is 1.76 bits per heavy atom. The minimum absolute atomic E-state index is 0.0967. The first-order chi connectivity index (χ1) is 9.98. The zero-order chi connectivity index (χ0) is 15.5. The predicted molar refractivity (Wildman–Crippen MR) is 86.6 cm³/mol. The lowest BCUT2D eigenvalue weighted by Gasteiger charge is -2.26. The molecule has 2 aromatic carbocycles. The second kappa shape index (κ2) is 6.56. The maximum atomic E-state index is 13.0. The molecular formula is C16H22N2O2S. The molecule has 0 amide bonds. The van der Waals surface area contributed by atoms with E-state index < -0.39 is 10.0 Å². The summed E-state index contributed by atoms with van der Waals surface area (Å²) in [6.07, 6.45) is 0.655. The molecule has 21 heavy (non-hydrogen) atoms. The zero-order valence-corrected chi connectivity index (χ0v) is 13.3. The molecule has 0 aliphatic rings. The van der Waals surface area contributed by atoms with Crippen molar-refractivity contribution in [3.05, 3.63) is 42.5 Å². The molecule has 0 unspecified atom stereocenters. The summed E-state index contributed by atoms with van der Waals surface area (Å²) in [6, 6.07) is 12.8. The highest BCUT2D eigenvalue weighted by atomic mass is 32.2. The summed E-state index contributed by atoms with van der Waals surface area (Å²) in [6.45, 7) is 4.70. The number of nitrogens with two attached hydrogens (primary N) is 1. The van der Waals surface area contributed by atoms with E-state index in [1.807, 2.05) is 44.2 Å². The summed E-state index contributed by atoms with van der Waals surface area (Å²) < 4.78 is 27.5. The van der Waals surface area contributed by atoms with Crippen molar-refractivity contribution in [2.24, 2.45) is 5.73 Å². The summed E-state index contributed by atoms with van der Waals surface area (Å²) in [5.41, 5.74) is 5.53. The molecule has 4 nitrogen and oxygen atoms in total. The Labute approximate surface area is 126 Å². The second-order valence-corrected chi connectivity index (χ2v) is 7.19. The van der Waals surface area contributed by atoms with Crippen molar-refractivity contribution in [1.82, 2.24) is 4.31 Å². The van der Waals surface area contributed by atoms with Crippen LogP contribution in [0.1, 0.15) is 20.3 Å². The van der Waals surface area contributed by atoms with Crippen molar-refractivity contribution in [2.75, 3.05) is 13.1 Å². The van der Waals surface area contributed by atoms with Gasteiger partial charge in [-0.3, -0.25) is 0 Å². The monoisotopic (exact) mass is 306 g/mol. The smallest absolute Gasteiger partial charge is 0.243 e. The quantitative estimate of drug-likeness (QED) is 0.892. The normalized spacial score (nSPS) is 12.4. The van der Waals surface area contributed by atoms with Gasteiger partial charge >= 0.3 is 0 Å². The van der Waals surface area contributed by atoms with Gasteiger partial charge in [-0.25, -0.2) is 8.42 Å². The number of rotatable bonds is 6. The van der Waals surface area contributed by atoms with Crippen LogP contribution in [-0.2, 0) is 10.0 Å². The van der Waals surface area contributed by atoms with Gasteiger partial charge in [-0.2, -0.15) is 4.31 Å². The molecule has 0 aliphatic heterocycles. The largest absolute Gasteiger partial charge is 0.330 e. The fourth-order valence-electron chi connectivity index (χ4n) is 2.45. The third-order valence-corrected chi connectivity index (χ3v) is 5.63. The maximum absolute atomic E-state index is 13.0. The first kappa shape index (κ1) is 15.9. The second-order valence-electron chi connectivity index (χ2n) is 5.33. The Kier molecular flexibility index (Phi) is 4.98. The summed E-state index contributed by atoms with van der Waals surface area (Å²) >= 11 is 0. The topological polar surface area (TPSA) is 63.4 Å². The van der Waals surface area contributed by atoms with E-state index in [9.17, 15) is 8.42 Å². The van der Waals surface area contributed by atoms with E-state index >= 15 is 0 Å². The SMILES string of the molecule is CC(C)N(CCCN)S(=O)(=O)c1cccc2ccccc12. The molecule has 0 fully saturated rings. The van der Waals surface area contributed by atoms with Crippen LogP contribution in [0.25, 0.3) is 10.8 Å². The minimum atomic E-state index is -3.52. The molecule has 5 heteroatoms. The average Bonchev–Trinajstić information content (AvgIpc) is 2.46. The van der Waals surface area contributed by atoms with E-state index in [-0.39, 0.29) is 6.04 Å². The van der Waals surface area contributed by atoms with E-state index in [1.54, 1.807) is 12.1 Å². The minimum Gasteiger partial charge on any atom is -0.330 e. The van der Waals surface area contributed by atoms with E-state index in [1.165, 1.54) is 4.31 Å². The molecule has 0 atom stereocenters. The first-order valence-corrected chi connectivity index (χ1v) is 8.62. The van der Waals surface area contributed by atoms with Gasteiger partial charge in [0.15, 0.2) is 0 Å². The summed E-state index contributed by atoms with van der Waals surface area (Å²) in [4.78, 5) is 0.367. The van der Waals surface area contributed by atoms with E-state index in [0.717, 1.165) is 10.8 Å². The molecule has 0 bridgehead atoms. The predicted octanol–water partition coefficient (Wildman–Crippen LogP) is 2.59. The van der Waals surface area contributed by atoms with Gasteiger partial charge in [-0.15, -0.1) is 0 Å². The fourth-order valence-corrected chi connectivity index (χ4v) is 4.34. The number of hydrogen-bond donors (Lipinski definition) is 1. The van der Waals surface area contributed by atoms with Gasteiger partial charge in [-0.05, 0) is 38.3 Å². The Morgan fingerprint density at radius 1 is 1.10 bits per heavy atom. The lowest BCUT2D eigenvalue weighted by molar-refractivity contribution is 0.351. The van der Waals surface area contributed by atoms with Crippen molar-refractivity contribution in [1.29, 1.82) is 0 Å². The van der Waals surface area contributed by atoms with E-state index in [0.29, 0.717) is 24.4 Å². The van der Waals surface area contributed by atoms with E-state index in [2.05, 4.69) is 0 Å². The highest BCUT2D eigenvalue weighted by molar-refractivity contribution is 7.89. The van der Waals surface area contributed by atoms with Gasteiger partial charge in [0.25, 0.3) is 0 Å². The van der Waals surface area contributed by atoms with Crippen molar-refractivity contribution >= 4 is 20.8 Å². The van der Waals surface area contributed by atoms with Crippen molar-refractivity contribution in [3.8, 4) is 0 Å². The zero-order valence-electron chi connectivity index (χ0n) is 12.5. The molecule has 114 valence electrons. The molecule has 0 radical (unpaired) electrons. The van der Waals surface area contributed by atoms with Crippen LogP contribution >= 0.6 is 0 Å². The van der Waals surface area contributed by atoms with Gasteiger partial charge in [0.05, 0.1) is 4.90 Å². The van der Waals surface area contributed by atoms with Crippen LogP contribution in [0, 0.1) is 0 Å². The number of sulfonamides is 1. The fraction of sp³-hybridized carbons (Fsp3) is 0.375. The highest BCUT2D eigenvalue weighted by Crippen LogP contribution is 2.26. The molecule has 2 N–H and O–H groups in total. The molecule has 0 saturated heterocycles. The molecule has 0 aliphatic carbocycles. The van der Waals surface area contributed by atoms with Crippen LogP contribution < -0.4 is 5.73 Å². The molecule has 0 heterocycles. The Balaban J connectivity index is 2.54. The molecule has 0 aromatic heterocycles. The Hall–Kier alpha value is -1.43. The number of hydrogen-bond acceptors (Lipinski definition) is 3. The van der Waals surface area contributed by atoms with E-state index in [4.69, 9.17) is 5.73 Å². The number of nitrogens with zero attached hydrogens (tertiary/aromatic N) is 1. The van der Waals surface area contributed by atoms with Crippen molar-refractivity contribution < 1.29 is 8.42 Å². The third kappa shape index (κ3) is 3.26. The summed E-state index contributed by atoms with van der Waals surface area (Å²) in [5, 5.41) is 1.69. The van der Waals surface area contributed by atoms with Crippen LogP contribution in [0.3, 0.4) is 0 Å². The van der Waals surface area contributed by atoms with Gasteiger partial charge < -0.3 is 5.73 Å². The van der Waals surface area contributed by atoms with Gasteiger partial charge in [0.1, 0.15) is 0 Å². The lowest BCUT2D eigenvalue weighted by atomic mass is 10.1. The Morgan fingerprint density at radius 3 is 2.43 bits per heavy atom. The van der Waals surface area contributed by atoms with Crippen molar-refractivity contribution in [2.45, 2.75) is 31.2 Å². The van der Waals surface area contributed by atoms with Crippen molar-refractivity contribution in [3.63, 3.8) is 0 Å². The number of fused-ring (bicyclic) bond motifs is 1. The van der Waals surface area contributed by atoms with Gasteiger partial charge in [0.2, 0.25) is 10.0 Å². The van der Waals surface area contributed by atoms with Crippen LogP contribution in [0.4, 0.5) is 0 Å². The van der Waals surface area contributed by atoms with Gasteiger partial charge in [-0.1, -0.05) is 36.4 Å². The standard InChI is InChI=1S/C16H22N2O2S/c1-13(2)18(12-6-11-17)21(19,20)16-10-5-8-14-7-3-4-9-15(14)16/h3-5,7-10,13H,6,11-12,17H2,1-2H3. The highest BCUT2D eigenvalue weighted by Gasteiger charge is 2.27. The summed E-state index contributed by atoms with van der Waals surface area (Å²) in [5.74, 6) is 0. The maximum Gasteiger partial charge on any atom is 0.243 e. The van der Waals surface area contributed by atoms with Gasteiger partial charge in [0, 0.05) is 18.0 Å². The lowest BCUT2D eigenvalue weighted by Crippen LogP contribution is -2.38. The van der Waals surface area contributed by atoms with Crippen LogP contribution in [-0.4, -0.2) is 31.9 Å². The Bertz CT molecular complexity index is 706. The molecule has 0 spiro atoms. The first-order valence-electron chi connectivity index (χ1n) is 7.18. The molecule has 0 saturated carbocycles. The molecular weight excluding hydrogens is 284 g/mol. The van der Waals surface area contributed by atoms with Crippen LogP contribution in [0.15, 0.2) is 47.4 Å². The molecule has 2 rings (SSSR count).